The summed E-state index contributed by atoms with van der Waals surface area (Å²) >= 11 is 0. The fraction of sp³-hybridized carbons (Fsp3) is 0.0870. The van der Waals surface area contributed by atoms with Crippen molar-refractivity contribution in [3.63, 3.8) is 0 Å². The number of hydrogen-bond donors (Lipinski definition) is 0. The second-order valence-electron chi connectivity index (χ2n) is 6.36. The molecule has 0 saturated carbocycles. The molecule has 0 aliphatic heterocycles. The Balaban J connectivity index is 2.05. The molecule has 3 aromatic rings. The zero-order valence-corrected chi connectivity index (χ0v) is 13.8. The van der Waals surface area contributed by atoms with Crippen LogP contribution in [0.4, 0.5) is 0 Å². The van der Waals surface area contributed by atoms with Crippen molar-refractivity contribution in [2.45, 2.75) is 13.8 Å². The van der Waals surface area contributed by atoms with E-state index in [1.807, 2.05) is 36.4 Å². The smallest absolute Gasteiger partial charge is 0.194 e. The minimum atomic E-state index is 0.118. The van der Waals surface area contributed by atoms with E-state index in [1.54, 1.807) is 0 Å². The summed E-state index contributed by atoms with van der Waals surface area (Å²) in [5.74, 6) is 0.118. The van der Waals surface area contributed by atoms with Gasteiger partial charge >= 0.3 is 0 Å². The van der Waals surface area contributed by atoms with Crippen LogP contribution >= 0.6 is 0 Å². The minimum Gasteiger partial charge on any atom is -0.289 e. The van der Waals surface area contributed by atoms with Crippen molar-refractivity contribution >= 4 is 16.9 Å². The van der Waals surface area contributed by atoms with Crippen molar-refractivity contribution in [2.75, 3.05) is 0 Å². The molecule has 0 saturated heterocycles. The van der Waals surface area contributed by atoms with Gasteiger partial charge in [-0.3, -0.25) is 4.79 Å². The van der Waals surface area contributed by atoms with Gasteiger partial charge in [0.25, 0.3) is 0 Å². The van der Waals surface area contributed by atoms with Crippen LogP contribution in [0.15, 0.2) is 72.8 Å². The lowest BCUT2D eigenvalue weighted by molar-refractivity contribution is 0.105. The number of benzene rings is 3. The van der Waals surface area contributed by atoms with Crippen molar-refractivity contribution < 1.29 is 4.79 Å². The topological polar surface area (TPSA) is 17.1 Å². The highest BCUT2D eigenvalue weighted by atomic mass is 16.1. The van der Waals surface area contributed by atoms with E-state index in [-0.39, 0.29) is 5.78 Å². The fourth-order valence-electron chi connectivity index (χ4n) is 3.46. The van der Waals surface area contributed by atoms with Gasteiger partial charge in [-0.1, -0.05) is 83.9 Å². The highest BCUT2D eigenvalue weighted by molar-refractivity contribution is 6.41. The van der Waals surface area contributed by atoms with Crippen LogP contribution in [-0.2, 0) is 0 Å². The molecule has 0 N–H and O–H groups in total. The maximum absolute atomic E-state index is 13.1. The van der Waals surface area contributed by atoms with E-state index in [2.05, 4.69) is 50.2 Å². The van der Waals surface area contributed by atoms with Crippen molar-refractivity contribution in [1.29, 1.82) is 0 Å². The predicted molar refractivity (Wildman–Crippen MR) is 99.0 cm³/mol. The first-order valence-corrected chi connectivity index (χ1v) is 8.17. The molecule has 4 rings (SSSR count). The summed E-state index contributed by atoms with van der Waals surface area (Å²) in [7, 11) is 0. The van der Waals surface area contributed by atoms with Crippen molar-refractivity contribution in [1.82, 2.24) is 0 Å². The number of carbonyl (C=O) groups is 1. The molecule has 1 aliphatic carbocycles. The standard InChI is InChI=1S/C23H18O/c1-15-7-5-9-17(13-15)21-19-11-3-4-12-20(19)23(24)22(21)18-10-6-8-16(2)14-18/h3-14H,1-2H3. The number of fused-ring (bicyclic) bond motifs is 1. The lowest BCUT2D eigenvalue weighted by Crippen LogP contribution is -1.98. The summed E-state index contributed by atoms with van der Waals surface area (Å²) in [6.07, 6.45) is 0. The van der Waals surface area contributed by atoms with Crippen LogP contribution in [0.3, 0.4) is 0 Å². The molecule has 1 aliphatic rings. The van der Waals surface area contributed by atoms with Crippen molar-refractivity contribution in [3.8, 4) is 0 Å². The highest BCUT2D eigenvalue weighted by Crippen LogP contribution is 2.42. The van der Waals surface area contributed by atoms with E-state index in [0.717, 1.165) is 39.0 Å². The van der Waals surface area contributed by atoms with Gasteiger partial charge in [-0.05, 0) is 30.5 Å². The molecular weight excluding hydrogens is 292 g/mol. The molecule has 116 valence electrons. The highest BCUT2D eigenvalue weighted by Gasteiger charge is 2.30. The molecule has 0 heterocycles. The van der Waals surface area contributed by atoms with Crippen LogP contribution in [0, 0.1) is 13.8 Å². The molecule has 0 aromatic heterocycles. The summed E-state index contributed by atoms with van der Waals surface area (Å²) in [6.45, 7) is 4.14. The van der Waals surface area contributed by atoms with Crippen LogP contribution < -0.4 is 0 Å². The van der Waals surface area contributed by atoms with Crippen LogP contribution in [0.5, 0.6) is 0 Å². The lowest BCUT2D eigenvalue weighted by Gasteiger charge is -2.10. The fourth-order valence-corrected chi connectivity index (χ4v) is 3.46. The number of carbonyl (C=O) groups excluding carboxylic acids is 1. The van der Waals surface area contributed by atoms with Gasteiger partial charge in [0.05, 0.1) is 0 Å². The SMILES string of the molecule is Cc1cccc(C2=C(c3cccc(C)c3)c3ccccc3C2=O)c1. The van der Waals surface area contributed by atoms with Crippen LogP contribution in [-0.4, -0.2) is 5.78 Å². The third kappa shape index (κ3) is 2.30. The molecule has 0 fully saturated rings. The normalized spacial score (nSPS) is 13.3. The van der Waals surface area contributed by atoms with E-state index < -0.39 is 0 Å². The first kappa shape index (κ1) is 14.6. The van der Waals surface area contributed by atoms with Crippen molar-refractivity contribution in [2.24, 2.45) is 0 Å². The molecule has 1 nitrogen and oxygen atoms in total. The summed E-state index contributed by atoms with van der Waals surface area (Å²) < 4.78 is 0. The molecule has 0 unspecified atom stereocenters. The van der Waals surface area contributed by atoms with Crippen LogP contribution in [0.1, 0.15) is 38.2 Å². The second kappa shape index (κ2) is 5.61. The van der Waals surface area contributed by atoms with E-state index >= 15 is 0 Å². The summed E-state index contributed by atoms with van der Waals surface area (Å²) in [5, 5.41) is 0. The van der Waals surface area contributed by atoms with E-state index in [9.17, 15) is 4.79 Å². The Kier molecular flexibility index (Phi) is 3.42. The Morgan fingerprint density at radius 1 is 0.583 bits per heavy atom. The molecule has 0 amide bonds. The largest absolute Gasteiger partial charge is 0.289 e. The number of rotatable bonds is 2. The summed E-state index contributed by atoms with van der Waals surface area (Å²) in [4.78, 5) is 13.1. The zero-order chi connectivity index (χ0) is 16.7. The molecular formula is C23H18O. The first-order valence-electron chi connectivity index (χ1n) is 8.17. The molecule has 1 heteroatoms. The van der Waals surface area contributed by atoms with Gasteiger partial charge in [-0.25, -0.2) is 0 Å². The Morgan fingerprint density at radius 2 is 1.12 bits per heavy atom. The average molecular weight is 310 g/mol. The maximum atomic E-state index is 13.1. The maximum Gasteiger partial charge on any atom is 0.194 e. The molecule has 0 bridgehead atoms. The second-order valence-corrected chi connectivity index (χ2v) is 6.36. The number of Topliss-reactive ketones (excluding diaryl/α,β-unsaturated/α-hetero) is 1. The lowest BCUT2D eigenvalue weighted by atomic mass is 9.93. The number of allylic oxidation sites excluding steroid dienone is 1. The predicted octanol–water partition coefficient (Wildman–Crippen LogP) is 5.46. The average Bonchev–Trinajstić information content (AvgIpc) is 2.88. The monoisotopic (exact) mass is 310 g/mol. The number of ketones is 1. The third-order valence-electron chi connectivity index (χ3n) is 4.53. The van der Waals surface area contributed by atoms with Crippen LogP contribution in [0.25, 0.3) is 11.1 Å². The van der Waals surface area contributed by atoms with Gasteiger partial charge in [-0.2, -0.15) is 0 Å². The Morgan fingerprint density at radius 3 is 1.71 bits per heavy atom. The molecule has 24 heavy (non-hydrogen) atoms. The van der Waals surface area contributed by atoms with Gasteiger partial charge in [0.2, 0.25) is 0 Å². The summed E-state index contributed by atoms with van der Waals surface area (Å²) in [5.41, 5.74) is 8.14. The zero-order valence-electron chi connectivity index (χ0n) is 13.8. The Hall–Kier alpha value is -2.93. The van der Waals surface area contributed by atoms with Crippen LogP contribution in [0.2, 0.25) is 0 Å². The van der Waals surface area contributed by atoms with Gasteiger partial charge < -0.3 is 0 Å². The Bertz CT molecular complexity index is 992. The number of hydrogen-bond acceptors (Lipinski definition) is 1. The first-order chi connectivity index (χ1) is 11.6. The number of aryl methyl sites for hydroxylation is 2. The Labute approximate surface area is 142 Å². The summed E-state index contributed by atoms with van der Waals surface area (Å²) in [6, 6.07) is 24.5. The van der Waals surface area contributed by atoms with Gasteiger partial charge in [0.15, 0.2) is 5.78 Å². The molecule has 0 radical (unpaired) electrons. The van der Waals surface area contributed by atoms with Gasteiger partial charge in [0, 0.05) is 16.7 Å². The molecule has 0 atom stereocenters. The van der Waals surface area contributed by atoms with E-state index in [4.69, 9.17) is 0 Å². The van der Waals surface area contributed by atoms with E-state index in [0.29, 0.717) is 0 Å². The van der Waals surface area contributed by atoms with Crippen molar-refractivity contribution in [3.05, 3.63) is 106 Å². The molecule has 3 aromatic carbocycles. The van der Waals surface area contributed by atoms with Gasteiger partial charge in [0.1, 0.15) is 0 Å². The van der Waals surface area contributed by atoms with Gasteiger partial charge in [-0.15, -0.1) is 0 Å². The minimum absolute atomic E-state index is 0.118. The van der Waals surface area contributed by atoms with E-state index in [1.165, 1.54) is 5.56 Å². The molecule has 0 spiro atoms. The third-order valence-corrected chi connectivity index (χ3v) is 4.53. The quantitative estimate of drug-likeness (QED) is 0.614.